The summed E-state index contributed by atoms with van der Waals surface area (Å²) >= 11 is 0. The minimum absolute atomic E-state index is 0.187. The van der Waals surface area contributed by atoms with E-state index < -0.39 is 10.0 Å². The third-order valence-electron chi connectivity index (χ3n) is 4.97. The summed E-state index contributed by atoms with van der Waals surface area (Å²) in [6.07, 6.45) is 1.58. The first kappa shape index (κ1) is 23.3. The normalized spacial score (nSPS) is 11.1. The summed E-state index contributed by atoms with van der Waals surface area (Å²) in [4.78, 5) is 12.7. The largest absolute Gasteiger partial charge is 0.494 e. The van der Waals surface area contributed by atoms with E-state index in [9.17, 15) is 13.2 Å². The van der Waals surface area contributed by atoms with E-state index in [0.717, 1.165) is 24.2 Å². The third-order valence-corrected chi connectivity index (χ3v) is 6.35. The van der Waals surface area contributed by atoms with Crippen LogP contribution in [0.25, 0.3) is 0 Å². The molecule has 0 aliphatic rings. The van der Waals surface area contributed by atoms with Crippen LogP contribution < -0.4 is 14.8 Å². The highest BCUT2D eigenvalue weighted by Gasteiger charge is 2.15. The number of aryl methyl sites for hydroxylation is 2. The van der Waals surface area contributed by atoms with E-state index in [1.165, 1.54) is 12.1 Å². The lowest BCUT2D eigenvalue weighted by Gasteiger charge is -2.12. The SMILES string of the molecule is CCOc1ccccc1CCCNC(=O)c1ccc(NS(=O)(=O)c2ccccc2)c(C)c1. The van der Waals surface area contributed by atoms with Crippen molar-refractivity contribution in [2.24, 2.45) is 0 Å². The molecule has 0 atom stereocenters. The zero-order valence-electron chi connectivity index (χ0n) is 18.3. The van der Waals surface area contributed by atoms with E-state index in [2.05, 4.69) is 10.0 Å². The van der Waals surface area contributed by atoms with Gasteiger partial charge >= 0.3 is 0 Å². The van der Waals surface area contributed by atoms with Crippen molar-refractivity contribution in [1.29, 1.82) is 0 Å². The first-order valence-electron chi connectivity index (χ1n) is 10.6. The highest BCUT2D eigenvalue weighted by Crippen LogP contribution is 2.21. The maximum Gasteiger partial charge on any atom is 0.261 e. The molecule has 3 rings (SSSR count). The predicted molar refractivity (Wildman–Crippen MR) is 127 cm³/mol. The van der Waals surface area contributed by atoms with Crippen molar-refractivity contribution in [1.82, 2.24) is 5.32 Å². The number of anilines is 1. The van der Waals surface area contributed by atoms with Gasteiger partial charge in [0.2, 0.25) is 0 Å². The van der Waals surface area contributed by atoms with Crippen molar-refractivity contribution in [3.05, 3.63) is 89.5 Å². The van der Waals surface area contributed by atoms with Crippen LogP contribution in [0.2, 0.25) is 0 Å². The lowest BCUT2D eigenvalue weighted by atomic mass is 10.1. The quantitative estimate of drug-likeness (QED) is 0.442. The highest BCUT2D eigenvalue weighted by atomic mass is 32.2. The number of sulfonamides is 1. The van der Waals surface area contributed by atoms with Gasteiger partial charge in [-0.25, -0.2) is 8.42 Å². The number of para-hydroxylation sites is 1. The van der Waals surface area contributed by atoms with Crippen molar-refractivity contribution < 1.29 is 17.9 Å². The molecular formula is C25H28N2O4S. The number of nitrogens with one attached hydrogen (secondary N) is 2. The zero-order valence-corrected chi connectivity index (χ0v) is 19.1. The number of rotatable bonds is 10. The summed E-state index contributed by atoms with van der Waals surface area (Å²) in [6, 6.07) is 21.0. The molecule has 0 unspecified atom stereocenters. The van der Waals surface area contributed by atoms with Gasteiger partial charge < -0.3 is 10.1 Å². The molecule has 7 heteroatoms. The second-order valence-corrected chi connectivity index (χ2v) is 9.03. The van der Waals surface area contributed by atoms with Gasteiger partial charge in [0.25, 0.3) is 15.9 Å². The summed E-state index contributed by atoms with van der Waals surface area (Å²) in [5.74, 6) is 0.689. The molecule has 3 aromatic carbocycles. The lowest BCUT2D eigenvalue weighted by molar-refractivity contribution is 0.0953. The van der Waals surface area contributed by atoms with Crippen molar-refractivity contribution in [2.45, 2.75) is 31.6 Å². The molecule has 0 saturated heterocycles. The van der Waals surface area contributed by atoms with E-state index in [0.29, 0.717) is 30.0 Å². The van der Waals surface area contributed by atoms with E-state index in [1.807, 2.05) is 31.2 Å². The van der Waals surface area contributed by atoms with Gasteiger partial charge in [-0.05, 0) is 74.2 Å². The van der Waals surface area contributed by atoms with Crippen molar-refractivity contribution in [3.63, 3.8) is 0 Å². The fraction of sp³-hybridized carbons (Fsp3) is 0.240. The summed E-state index contributed by atoms with van der Waals surface area (Å²) in [7, 11) is -3.68. The maximum absolute atomic E-state index is 12.5. The monoisotopic (exact) mass is 452 g/mol. The van der Waals surface area contributed by atoms with Crippen LogP contribution in [0.1, 0.15) is 34.8 Å². The van der Waals surface area contributed by atoms with E-state index in [1.54, 1.807) is 43.3 Å². The molecule has 0 aliphatic heterocycles. The highest BCUT2D eigenvalue weighted by molar-refractivity contribution is 7.92. The van der Waals surface area contributed by atoms with Crippen LogP contribution in [0.15, 0.2) is 77.7 Å². The molecule has 0 fully saturated rings. The topological polar surface area (TPSA) is 84.5 Å². The molecule has 0 spiro atoms. The standard InChI is InChI=1S/C25H28N2O4S/c1-3-31-24-14-8-7-10-20(24)11-9-17-26-25(28)21-15-16-23(19(2)18-21)27-32(29,30)22-12-5-4-6-13-22/h4-8,10,12-16,18,27H,3,9,11,17H2,1-2H3,(H,26,28). The Hall–Kier alpha value is -3.32. The Morgan fingerprint density at radius 1 is 0.969 bits per heavy atom. The lowest BCUT2D eigenvalue weighted by Crippen LogP contribution is -2.25. The van der Waals surface area contributed by atoms with Crippen LogP contribution in [-0.2, 0) is 16.4 Å². The zero-order chi connectivity index (χ0) is 23.0. The van der Waals surface area contributed by atoms with Gasteiger partial charge in [0.1, 0.15) is 5.75 Å². The van der Waals surface area contributed by atoms with E-state index >= 15 is 0 Å². The van der Waals surface area contributed by atoms with Gasteiger partial charge in [-0.1, -0.05) is 36.4 Å². The Labute approximate surface area is 189 Å². The van der Waals surface area contributed by atoms with Crippen molar-refractivity contribution >= 4 is 21.6 Å². The molecular weight excluding hydrogens is 424 g/mol. The molecule has 0 aromatic heterocycles. The molecule has 1 amide bonds. The Kier molecular flexibility index (Phi) is 7.89. The van der Waals surface area contributed by atoms with Crippen molar-refractivity contribution in [2.75, 3.05) is 17.9 Å². The van der Waals surface area contributed by atoms with Gasteiger partial charge in [0.05, 0.1) is 17.2 Å². The molecule has 0 heterocycles. The minimum atomic E-state index is -3.68. The Morgan fingerprint density at radius 2 is 1.69 bits per heavy atom. The van der Waals surface area contributed by atoms with Crippen LogP contribution in [0.3, 0.4) is 0 Å². The molecule has 0 radical (unpaired) electrons. The fourth-order valence-electron chi connectivity index (χ4n) is 3.31. The molecule has 2 N–H and O–H groups in total. The average molecular weight is 453 g/mol. The third kappa shape index (κ3) is 6.11. The number of carbonyl (C=O) groups excluding carboxylic acids is 1. The first-order valence-corrected chi connectivity index (χ1v) is 12.1. The summed E-state index contributed by atoms with van der Waals surface area (Å²) in [5, 5.41) is 2.92. The molecule has 0 saturated carbocycles. The van der Waals surface area contributed by atoms with E-state index in [4.69, 9.17) is 4.74 Å². The Morgan fingerprint density at radius 3 is 2.41 bits per heavy atom. The average Bonchev–Trinajstić information content (AvgIpc) is 2.79. The van der Waals surface area contributed by atoms with Gasteiger partial charge in [0.15, 0.2) is 0 Å². The van der Waals surface area contributed by atoms with Crippen molar-refractivity contribution in [3.8, 4) is 5.75 Å². The van der Waals surface area contributed by atoms with Gasteiger partial charge in [-0.2, -0.15) is 0 Å². The summed E-state index contributed by atoms with van der Waals surface area (Å²) in [5.41, 5.74) is 2.72. The number of benzene rings is 3. The number of ether oxygens (including phenoxy) is 1. The van der Waals surface area contributed by atoms with Crippen LogP contribution >= 0.6 is 0 Å². The summed E-state index contributed by atoms with van der Waals surface area (Å²) in [6.45, 7) is 4.87. The predicted octanol–water partition coefficient (Wildman–Crippen LogP) is 4.56. The first-order chi connectivity index (χ1) is 15.4. The van der Waals surface area contributed by atoms with Crippen LogP contribution in [0, 0.1) is 6.92 Å². The van der Waals surface area contributed by atoms with Crippen LogP contribution in [-0.4, -0.2) is 27.5 Å². The Balaban J connectivity index is 1.56. The van der Waals surface area contributed by atoms with Crippen LogP contribution in [0.5, 0.6) is 5.75 Å². The van der Waals surface area contributed by atoms with Crippen LogP contribution in [0.4, 0.5) is 5.69 Å². The molecule has 0 aliphatic carbocycles. The Bertz CT molecular complexity index is 1160. The summed E-state index contributed by atoms with van der Waals surface area (Å²) < 4.78 is 33.3. The molecule has 32 heavy (non-hydrogen) atoms. The second-order valence-electron chi connectivity index (χ2n) is 7.35. The van der Waals surface area contributed by atoms with E-state index in [-0.39, 0.29) is 10.8 Å². The molecule has 3 aromatic rings. The number of amides is 1. The molecule has 168 valence electrons. The second kappa shape index (κ2) is 10.8. The van der Waals surface area contributed by atoms with Gasteiger partial charge in [0, 0.05) is 12.1 Å². The van der Waals surface area contributed by atoms with Gasteiger partial charge in [-0.15, -0.1) is 0 Å². The molecule has 0 bridgehead atoms. The molecule has 6 nitrogen and oxygen atoms in total. The fourth-order valence-corrected chi connectivity index (χ4v) is 4.46. The number of carbonyl (C=O) groups is 1. The minimum Gasteiger partial charge on any atom is -0.494 e. The smallest absolute Gasteiger partial charge is 0.261 e. The number of hydrogen-bond donors (Lipinski definition) is 2. The number of hydrogen-bond acceptors (Lipinski definition) is 4. The maximum atomic E-state index is 12.5. The van der Waals surface area contributed by atoms with Gasteiger partial charge in [-0.3, -0.25) is 9.52 Å².